The second kappa shape index (κ2) is 87.9. The van der Waals surface area contributed by atoms with Crippen LogP contribution in [0.3, 0.4) is 0 Å². The van der Waals surface area contributed by atoms with Crippen molar-refractivity contribution in [2.75, 3.05) is 14.2 Å². The van der Waals surface area contributed by atoms with E-state index in [0.717, 1.165) is 31.3 Å². The standard InChI is InChI=1S/C6H19NOSi4.C6H19NSi4.C6H22OSi4.C5H19BrSi4.C5H19FSi4.C5H19ISi4.C2H11NOSi4.C2H11NSi4.C2H14OSi4.CH11BrSi4.CH11ISi4.5CH4/c1-9-6(10-2,11-3)12(4)7-5-8;1-8-6(9-2,10-3)11(4)5-7;1-7-11(5)6(8-2,9-3)10-4;3*1-7-5(8-2,9-3)10(4)6;4-1-3-8-2(5,6)7;3-1-7-2(4,5)6;1-3-7-2(4,5)6;2*2-6-1(3,4)5;;;;;/h12H,9-11H2,1-4H3;11H,8-10H2,1-4H3;11H,8-10H2,1-5H3;3*10H,7-9H2,1-4H3;8H2,5-7H3;7H2,4-6H3;7H2,1,4-6H3;2*6H2,3-5H3;5*1H4. The van der Waals surface area contributed by atoms with Crippen LogP contribution < -0.4 is 0 Å². The Hall–Kier alpha value is 9.55. The van der Waals surface area contributed by atoms with E-state index in [1.54, 1.807) is 12.2 Å². The molecule has 0 radical (unpaired) electrons. The van der Waals surface area contributed by atoms with Crippen molar-refractivity contribution in [2.24, 2.45) is 9.32 Å². The molecule has 0 heterocycles. The van der Waals surface area contributed by atoms with E-state index >= 15 is 0 Å². The van der Waals surface area contributed by atoms with Gasteiger partial charge in [-0.05, 0) is 117 Å². The number of carbonyl (C=O) groups excluding carboxylic acids is 2. The molecule has 103 heavy (non-hydrogen) atoms. The molecule has 0 fully saturated rings. The molecule has 0 spiro atoms. The number of isocyanates is 2. The molecule has 0 aliphatic rings. The van der Waals surface area contributed by atoms with Crippen LogP contribution >= 0.6 is 74.2 Å². The first-order valence-corrected chi connectivity index (χ1v) is 126. The number of nitrogens with zero attached hydrogens (tertiary/aromatic N) is 4. The third-order valence-corrected chi connectivity index (χ3v) is 241. The maximum Gasteiger partial charge on any atom is 0.225 e. The van der Waals surface area contributed by atoms with Gasteiger partial charge in [0.25, 0.3) is 0 Å². The van der Waals surface area contributed by atoms with Gasteiger partial charge in [-0.3, -0.25) is 9.32 Å². The largest absolute Gasteiger partial charge is 0.427 e. The third kappa shape index (κ3) is 84.9. The van der Waals surface area contributed by atoms with Gasteiger partial charge in [-0.1, -0.05) is 212 Å². The summed E-state index contributed by atoms with van der Waals surface area (Å²) < 4.78 is 41.5. The monoisotopic (exact) mass is 2530 g/mol. The molecule has 0 bridgehead atoms. The Bertz CT molecular complexity index is 1870. The highest BCUT2D eigenvalue weighted by atomic mass is 127. The molecule has 0 amide bonds. The van der Waals surface area contributed by atoms with E-state index in [1.165, 1.54) is 158 Å². The molecule has 0 aliphatic carbocycles. The van der Waals surface area contributed by atoms with Crippen molar-refractivity contribution in [1.82, 2.24) is 0 Å². The second-order valence-corrected chi connectivity index (χ2v) is 239. The van der Waals surface area contributed by atoms with Crippen LogP contribution in [0, 0.1) is 21.9 Å². The highest BCUT2D eigenvalue weighted by Gasteiger charge is 2.36. The lowest BCUT2D eigenvalue weighted by Gasteiger charge is -2.33. The van der Waals surface area contributed by atoms with Crippen molar-refractivity contribution in [1.29, 1.82) is 10.5 Å². The van der Waals surface area contributed by atoms with Crippen LogP contribution in [0.5, 0.6) is 0 Å². The van der Waals surface area contributed by atoms with Gasteiger partial charge in [-0.25, -0.2) is 20.1 Å². The molecule has 0 N–H and O–H groups in total. The van der Waals surface area contributed by atoms with Crippen LogP contribution in [0.25, 0.3) is 0 Å². The van der Waals surface area contributed by atoms with Crippen molar-refractivity contribution < 1.29 is 22.5 Å². The highest BCUT2D eigenvalue weighted by molar-refractivity contribution is 14.1. The SMILES string of the molecule is C.C.C.C.C.CO[SiH2]C([SiH3])([SiH3])[SiH3].CO[SiH](C)C([SiH2]C)([SiH2]C)[SiH2]C.C[SiH2]C([SiH2]C)([SiH2]C)[SiH](C)Br.C[SiH2]C([SiH2]C)([SiH2]C)[SiH](C)C#N.C[SiH2]C([SiH2]C)([SiH2]C)[SiH](C)F.C[SiH2]C([SiH2]C)([SiH2]C)[SiH](C)I.C[SiH2]C([SiH2]C)([SiH2]C)[SiH](C)N=C=O.N#C[SiH2]C([SiH3])([SiH3])[SiH3].O=C=N[SiH2]C([SiH3])([SiH3])[SiH3].[SiH3]C([SiH3])([SiH3])[SiH2]Br.[SiH3]C([SiH3])([SiH3])[SiH2]I. The van der Waals surface area contributed by atoms with Crippen molar-refractivity contribution in [2.45, 2.75) is 237 Å². The molecular formula is C46H195Br2FI2N4O4Si44. The first-order valence-electron chi connectivity index (χ1n) is 38.6. The van der Waals surface area contributed by atoms with Crippen molar-refractivity contribution in [3.8, 4) is 11.4 Å². The van der Waals surface area contributed by atoms with E-state index in [2.05, 4.69) is 245 Å². The second-order valence-electron chi connectivity index (χ2n) is 33.3. The predicted molar refractivity (Wildman–Crippen MR) is 681 cm³/mol. The summed E-state index contributed by atoms with van der Waals surface area (Å²) in [5, 5.41) is 17.2. The normalized spacial score (nSPS) is 21.1. The summed E-state index contributed by atoms with van der Waals surface area (Å²) in [6.07, 6.45) is 3.14. The molecule has 6 atom stereocenters. The van der Waals surface area contributed by atoms with Gasteiger partial charge in [0.05, 0.1) is 15.2 Å². The Morgan fingerprint density at radius 2 is 0.728 bits per heavy atom. The molecule has 0 aliphatic heterocycles. The minimum atomic E-state index is -1.74. The van der Waals surface area contributed by atoms with Crippen molar-refractivity contribution in [3.63, 3.8) is 0 Å². The molecule has 6 unspecified atom stereocenters. The fraction of sp³-hybridized carbons (Fsp3) is 0.913. The lowest BCUT2D eigenvalue weighted by molar-refractivity contribution is 0.423. The highest BCUT2D eigenvalue weighted by Crippen LogP contribution is 2.31. The zero-order valence-electron chi connectivity index (χ0n) is 73.5. The molecule has 0 saturated carbocycles. The van der Waals surface area contributed by atoms with E-state index in [1.807, 2.05) is 20.8 Å². The van der Waals surface area contributed by atoms with Gasteiger partial charge < -0.3 is 13.0 Å². The fourth-order valence-corrected chi connectivity index (χ4v) is 121. The summed E-state index contributed by atoms with van der Waals surface area (Å²) in [5.74, 6) is 0. The van der Waals surface area contributed by atoms with Gasteiger partial charge in [0, 0.05) is 258 Å². The topological polar surface area (TPSA) is 125 Å². The van der Waals surface area contributed by atoms with Gasteiger partial charge in [0.15, 0.2) is 46.2 Å². The lowest BCUT2D eigenvalue weighted by atomic mass is 11.7. The van der Waals surface area contributed by atoms with Crippen molar-refractivity contribution >= 4 is 505 Å². The first-order chi connectivity index (χ1) is 44.7. The van der Waals surface area contributed by atoms with Gasteiger partial charge >= 0.3 is 0 Å². The van der Waals surface area contributed by atoms with Crippen LogP contribution in [0.15, 0.2) is 9.32 Å². The van der Waals surface area contributed by atoms with Crippen LogP contribution in [-0.2, 0) is 18.4 Å². The van der Waals surface area contributed by atoms with Gasteiger partial charge in [0.1, 0.15) is 23.2 Å². The molecule has 0 aromatic heterocycles. The maximum absolute atomic E-state index is 13.3. The fourth-order valence-electron chi connectivity index (χ4n) is 11.2. The summed E-state index contributed by atoms with van der Waals surface area (Å²) in [6.45, 7) is 58.1. The summed E-state index contributed by atoms with van der Waals surface area (Å²) in [5.41, 5.74) is 4.95. The molecule has 0 saturated heterocycles. The van der Waals surface area contributed by atoms with Gasteiger partial charge in [-0.2, -0.15) is 0 Å². The summed E-state index contributed by atoms with van der Waals surface area (Å²) >= 11 is 13.0. The summed E-state index contributed by atoms with van der Waals surface area (Å²) in [7, 11) is 22.8. The molecule has 57 heteroatoms. The number of nitriles is 2. The van der Waals surface area contributed by atoms with Gasteiger partial charge in [0.2, 0.25) is 21.3 Å². The Labute approximate surface area is 798 Å². The van der Waals surface area contributed by atoms with Gasteiger partial charge in [-0.15, -0.1) is 74.2 Å². The molecular weight excluding hydrogens is 2340 g/mol. The quantitative estimate of drug-likeness (QED) is 0.0212. The smallest absolute Gasteiger partial charge is 0.225 e. The Balaban J connectivity index is -0.0000000578. The average Bonchev–Trinajstić information content (AvgIpc) is 0.899. The first kappa shape index (κ1) is 150. The van der Waals surface area contributed by atoms with Crippen LogP contribution in [0.4, 0.5) is 4.11 Å². The third-order valence-electron chi connectivity index (χ3n) is 21.3. The molecule has 634 valence electrons. The number of hydrogen-bond acceptors (Lipinski definition) is 8. The minimum Gasteiger partial charge on any atom is -0.427 e. The Morgan fingerprint density at radius 3 is 0.786 bits per heavy atom. The van der Waals surface area contributed by atoms with Crippen LogP contribution in [-0.4, -0.2) is 445 Å². The average molecular weight is 2540 g/mol. The maximum atomic E-state index is 13.3. The van der Waals surface area contributed by atoms with E-state index in [4.69, 9.17) is 19.4 Å². The Morgan fingerprint density at radius 1 is 0.447 bits per heavy atom. The Kier molecular flexibility index (Phi) is 128. The summed E-state index contributed by atoms with van der Waals surface area (Å²) in [4.78, 5) is 19.8. The zero-order valence-corrected chi connectivity index (χ0v) is 150. The molecule has 0 aromatic rings. The number of halogens is 5. The zero-order chi connectivity index (χ0) is 80.9. The van der Waals surface area contributed by atoms with E-state index in [0.29, 0.717) is 72.0 Å². The lowest BCUT2D eigenvalue weighted by Crippen LogP contribution is -2.44. The van der Waals surface area contributed by atoms with E-state index < -0.39 is 43.3 Å². The molecule has 0 aromatic carbocycles. The van der Waals surface area contributed by atoms with Crippen LogP contribution in [0.1, 0.15) is 37.1 Å². The van der Waals surface area contributed by atoms with Crippen molar-refractivity contribution in [3.05, 3.63) is 0 Å². The van der Waals surface area contributed by atoms with E-state index in [-0.39, 0.29) is 195 Å². The minimum absolute atomic E-state index is 0. The predicted octanol–water partition coefficient (Wildman–Crippen LogP) is -19.5. The van der Waals surface area contributed by atoms with E-state index in [9.17, 15) is 13.7 Å². The number of rotatable bonds is 33. The summed E-state index contributed by atoms with van der Waals surface area (Å²) in [6, 6.07) is 0. The molecule has 0 rings (SSSR count). The molecule has 8 nitrogen and oxygen atoms in total. The van der Waals surface area contributed by atoms with Crippen LogP contribution in [0.2, 0.25) is 200 Å². The number of hydrogen-bond donors (Lipinski definition) is 0.